The molecule has 2 rings (SSSR count). The average Bonchev–Trinajstić information content (AvgIpc) is 3.11. The maximum Gasteiger partial charge on any atom is 0.242 e. The molecule has 0 bridgehead atoms. The van der Waals surface area contributed by atoms with Gasteiger partial charge in [0.1, 0.15) is 0 Å². The second-order valence-electron chi connectivity index (χ2n) is 8.71. The number of rotatable bonds is 15. The Bertz CT molecular complexity index is 784. The molecule has 2 aliphatic rings. The van der Waals surface area contributed by atoms with Gasteiger partial charge in [-0.05, 0) is 19.1 Å². The van der Waals surface area contributed by atoms with Crippen molar-refractivity contribution < 1.29 is 24.0 Å². The summed E-state index contributed by atoms with van der Waals surface area (Å²) in [6.45, 7) is 3.03. The van der Waals surface area contributed by atoms with Gasteiger partial charge in [-0.15, -0.1) is 11.8 Å². The molecule has 0 aromatic carbocycles. The Balaban J connectivity index is 1.56. The molecule has 1 aliphatic carbocycles. The first-order chi connectivity index (χ1) is 16.4. The molecule has 1 heterocycles. The molecule has 0 aromatic heterocycles. The summed E-state index contributed by atoms with van der Waals surface area (Å²) < 4.78 is 3.69. The van der Waals surface area contributed by atoms with Crippen LogP contribution in [-0.2, 0) is 24.0 Å². The minimum Gasteiger partial charge on any atom is -0.273 e. The van der Waals surface area contributed by atoms with Crippen molar-refractivity contribution in [1.29, 1.82) is 0 Å². The van der Waals surface area contributed by atoms with E-state index in [1.165, 1.54) is 23.9 Å². The number of imide groups is 1. The molecule has 9 nitrogen and oxygen atoms in total. The Morgan fingerprint density at radius 1 is 1.15 bits per heavy atom. The number of carbonyl (C=O) groups excluding carboxylic acids is 5. The Kier molecular flexibility index (Phi) is 13.1. The molecule has 3 amide bonds. The smallest absolute Gasteiger partial charge is 0.242 e. The molecule has 34 heavy (non-hydrogen) atoms. The van der Waals surface area contributed by atoms with Crippen LogP contribution in [0.15, 0.2) is 4.67 Å². The van der Waals surface area contributed by atoms with Gasteiger partial charge in [-0.25, -0.2) is 0 Å². The Morgan fingerprint density at radius 2 is 1.88 bits per heavy atom. The second kappa shape index (κ2) is 15.5. The monoisotopic (exact) mass is 510 g/mol. The van der Waals surface area contributed by atoms with Gasteiger partial charge >= 0.3 is 134 Å². The first kappa shape index (κ1) is 28.8. The van der Waals surface area contributed by atoms with E-state index in [-0.39, 0.29) is 59.3 Å². The predicted molar refractivity (Wildman–Crippen MR) is 136 cm³/mol. The fourth-order valence-corrected chi connectivity index (χ4v) is 5.74. The molecular formula is C22H36BN4O5PS. The van der Waals surface area contributed by atoms with E-state index in [0.717, 1.165) is 25.7 Å². The predicted octanol–water partition coefficient (Wildman–Crippen LogP) is 1.67. The molecule has 2 N–H and O–H groups in total. The maximum absolute atomic E-state index is 12.7. The van der Waals surface area contributed by atoms with Gasteiger partial charge in [0.05, 0.1) is 5.25 Å². The first-order valence-electron chi connectivity index (χ1n) is 12.1. The van der Waals surface area contributed by atoms with Crippen molar-refractivity contribution in [3.63, 3.8) is 0 Å². The summed E-state index contributed by atoms with van der Waals surface area (Å²) in [4.78, 5) is 62.2. The summed E-state index contributed by atoms with van der Waals surface area (Å²) in [6, 6.07) is 0. The number of carbonyl (C=O) groups is 5. The summed E-state index contributed by atoms with van der Waals surface area (Å²) in [7, 11) is 3.49. The van der Waals surface area contributed by atoms with Crippen LogP contribution in [0.4, 0.5) is 0 Å². The largest absolute Gasteiger partial charge is 0.273 e. The van der Waals surface area contributed by atoms with Crippen molar-refractivity contribution in [3.05, 3.63) is 0 Å². The summed E-state index contributed by atoms with van der Waals surface area (Å²) in [6.07, 6.45) is 5.75. The number of ketones is 2. The molecule has 12 heteroatoms. The number of Topliss-reactive ketones (excluding diaryl/α,β-unsaturated/α-hetero) is 2. The van der Waals surface area contributed by atoms with E-state index in [9.17, 15) is 24.0 Å². The third-order valence-electron chi connectivity index (χ3n) is 6.33. The number of nitrogens with zero attached hydrogens (tertiary/aromatic N) is 2. The van der Waals surface area contributed by atoms with Crippen LogP contribution in [0.3, 0.4) is 0 Å². The molecule has 0 aromatic rings. The van der Waals surface area contributed by atoms with Gasteiger partial charge in [0.25, 0.3) is 0 Å². The van der Waals surface area contributed by atoms with Crippen LogP contribution >= 0.6 is 21.2 Å². The van der Waals surface area contributed by atoms with E-state index in [4.69, 9.17) is 0 Å². The summed E-state index contributed by atoms with van der Waals surface area (Å²) in [5.41, 5.74) is 0. The molecule has 4 atom stereocenters. The van der Waals surface area contributed by atoms with Crippen molar-refractivity contribution in [2.24, 2.45) is 16.5 Å². The number of thioether (sulfide) groups is 1. The Hall–Kier alpha value is -1.45. The van der Waals surface area contributed by atoms with Gasteiger partial charge < -0.3 is 0 Å². The molecule has 1 aliphatic heterocycles. The molecule has 2 fully saturated rings. The minimum absolute atomic E-state index is 0.0932. The van der Waals surface area contributed by atoms with E-state index >= 15 is 0 Å². The Morgan fingerprint density at radius 3 is 2.56 bits per heavy atom. The molecule has 1 saturated heterocycles. The fraction of sp³-hybridized carbons (Fsp3) is 0.773. The standard InChI is InChI=1S/C22H36BN4O5PS/c1-2-27-20(30)13-19(22(27)32)34-12-6-7-15(28)14-24-11-5-10-18(29)16-8-3-4-9-17(16)21(31)25-23-26-33/h16-17,19,24H,2-14,33H2,1H3,(H,25,31)/t16-,17+,19?/m0/s1. The van der Waals surface area contributed by atoms with Gasteiger partial charge in [-0.2, -0.15) is 0 Å². The van der Waals surface area contributed by atoms with E-state index in [0.29, 0.717) is 44.5 Å². The van der Waals surface area contributed by atoms with Crippen molar-refractivity contribution in [1.82, 2.24) is 15.4 Å². The maximum atomic E-state index is 12.7. The quantitative estimate of drug-likeness (QED) is 0.149. The minimum atomic E-state index is -0.313. The van der Waals surface area contributed by atoms with Gasteiger partial charge in [0.15, 0.2) is 0 Å². The first-order valence-corrected chi connectivity index (χ1v) is 13.7. The zero-order valence-corrected chi connectivity index (χ0v) is 21.9. The number of amides is 3. The molecule has 1 saturated carbocycles. The summed E-state index contributed by atoms with van der Waals surface area (Å²) in [5, 5.41) is 5.42. The van der Waals surface area contributed by atoms with Crippen molar-refractivity contribution in [2.75, 3.05) is 25.4 Å². The van der Waals surface area contributed by atoms with Crippen LogP contribution in [0.1, 0.15) is 64.7 Å². The average molecular weight is 510 g/mol. The zero-order valence-electron chi connectivity index (χ0n) is 19.9. The van der Waals surface area contributed by atoms with Crippen molar-refractivity contribution in [2.45, 2.75) is 70.0 Å². The van der Waals surface area contributed by atoms with Gasteiger partial charge in [0.2, 0.25) is 11.8 Å². The van der Waals surface area contributed by atoms with E-state index in [2.05, 4.69) is 24.6 Å². The van der Waals surface area contributed by atoms with Crippen molar-refractivity contribution >= 4 is 57.6 Å². The third kappa shape index (κ3) is 8.97. The van der Waals surface area contributed by atoms with Crippen LogP contribution in [0.25, 0.3) is 0 Å². The van der Waals surface area contributed by atoms with E-state index in [1.54, 1.807) is 6.92 Å². The normalized spacial score (nSPS) is 22.8. The molecule has 0 radical (unpaired) electrons. The fourth-order valence-electron chi connectivity index (χ4n) is 4.54. The van der Waals surface area contributed by atoms with Crippen molar-refractivity contribution in [3.8, 4) is 0 Å². The summed E-state index contributed by atoms with van der Waals surface area (Å²) in [5.74, 6) is -0.0229. The number of nitrogens with one attached hydrogen (secondary N) is 2. The molecular weight excluding hydrogens is 474 g/mol. The van der Waals surface area contributed by atoms with Gasteiger partial charge in [0, 0.05) is 13.0 Å². The number of likely N-dealkylation sites (tertiary alicyclic amines) is 1. The van der Waals surface area contributed by atoms with Gasteiger partial charge in [-0.3, -0.25) is 14.5 Å². The number of hydrogen-bond acceptors (Lipinski definition) is 8. The van der Waals surface area contributed by atoms with Crippen LogP contribution in [0, 0.1) is 11.8 Å². The van der Waals surface area contributed by atoms with Crippen LogP contribution < -0.4 is 10.5 Å². The third-order valence-corrected chi connectivity index (χ3v) is 7.78. The molecule has 0 spiro atoms. The number of hydrogen-bond donors (Lipinski definition) is 2. The van der Waals surface area contributed by atoms with Crippen LogP contribution in [-0.4, -0.2) is 72.0 Å². The van der Waals surface area contributed by atoms with E-state index < -0.39 is 0 Å². The molecule has 2 unspecified atom stereocenters. The van der Waals surface area contributed by atoms with Crippen LogP contribution in [0.5, 0.6) is 0 Å². The topological polar surface area (TPSA) is 125 Å². The molecule has 188 valence electrons. The second-order valence-corrected chi connectivity index (χ2v) is 10.3. The van der Waals surface area contributed by atoms with Gasteiger partial charge in [-0.1, -0.05) is 0 Å². The van der Waals surface area contributed by atoms with Crippen LogP contribution in [0.2, 0.25) is 0 Å². The van der Waals surface area contributed by atoms with E-state index in [1.807, 2.05) is 0 Å². The Labute approximate surface area is 208 Å². The summed E-state index contributed by atoms with van der Waals surface area (Å²) >= 11 is 1.45. The zero-order chi connectivity index (χ0) is 24.9. The SMILES string of the molecule is CCN1C(=O)CC(SCCCC(=O)CNCCCC(=O)[C@H]2CCCC[C@H]2C(=O)NB=NP)C1=O.